The van der Waals surface area contributed by atoms with Crippen molar-refractivity contribution in [3.05, 3.63) is 22.6 Å². The van der Waals surface area contributed by atoms with Crippen LogP contribution < -0.4 is 16.2 Å². The van der Waals surface area contributed by atoms with Gasteiger partial charge in [-0.1, -0.05) is 20.3 Å². The molecule has 0 amide bonds. The number of rotatable bonds is 5. The minimum Gasteiger partial charge on any atom is -0.370 e. The Morgan fingerprint density at radius 3 is 3.00 bits per heavy atom. The summed E-state index contributed by atoms with van der Waals surface area (Å²) >= 11 is 0. The normalized spacial score (nSPS) is 20.9. The van der Waals surface area contributed by atoms with Crippen molar-refractivity contribution in [1.29, 1.82) is 0 Å². The lowest BCUT2D eigenvalue weighted by Gasteiger charge is -2.32. The number of piperidine rings is 1. The second kappa shape index (κ2) is 6.88. The second-order valence-electron chi connectivity index (χ2n) is 5.98. The summed E-state index contributed by atoms with van der Waals surface area (Å²) in [5.41, 5.74) is 6.87. The number of nitrogens with two attached hydrogens (primary N) is 1. The number of hydrogen-bond donors (Lipinski definition) is 1. The lowest BCUT2D eigenvalue weighted by Crippen LogP contribution is -2.37. The van der Waals surface area contributed by atoms with Crippen molar-refractivity contribution < 1.29 is 0 Å². The van der Waals surface area contributed by atoms with Gasteiger partial charge in [0, 0.05) is 25.2 Å². The van der Waals surface area contributed by atoms with Crippen LogP contribution in [0.15, 0.2) is 17.1 Å². The first-order chi connectivity index (χ1) is 9.60. The van der Waals surface area contributed by atoms with Crippen LogP contribution in [0.2, 0.25) is 0 Å². The first kappa shape index (κ1) is 15.0. The van der Waals surface area contributed by atoms with Crippen LogP contribution in [0.3, 0.4) is 0 Å². The van der Waals surface area contributed by atoms with Crippen molar-refractivity contribution in [2.24, 2.45) is 11.7 Å². The molecule has 0 aromatic carbocycles. The average Bonchev–Trinajstić information content (AvgIpc) is 2.41. The zero-order valence-electron chi connectivity index (χ0n) is 12.6. The van der Waals surface area contributed by atoms with Crippen molar-refractivity contribution in [2.75, 3.05) is 18.0 Å². The highest BCUT2D eigenvalue weighted by Gasteiger charge is 2.17. The van der Waals surface area contributed by atoms with E-state index in [9.17, 15) is 4.79 Å². The molecule has 2 unspecified atom stereocenters. The molecule has 5 nitrogen and oxygen atoms in total. The van der Waals surface area contributed by atoms with Crippen LogP contribution in [0.5, 0.6) is 0 Å². The molecule has 1 aliphatic rings. The molecule has 5 heteroatoms. The van der Waals surface area contributed by atoms with E-state index in [4.69, 9.17) is 5.73 Å². The number of nitrogens with zero attached hydrogens (tertiary/aromatic N) is 3. The molecule has 112 valence electrons. The molecule has 1 aliphatic heterocycles. The summed E-state index contributed by atoms with van der Waals surface area (Å²) < 4.78 is 1.48. The minimum atomic E-state index is -0.0488. The summed E-state index contributed by atoms with van der Waals surface area (Å²) in [6.45, 7) is 6.88. The highest BCUT2D eigenvalue weighted by molar-refractivity contribution is 5.43. The quantitative estimate of drug-likeness (QED) is 0.888. The van der Waals surface area contributed by atoms with E-state index >= 15 is 0 Å². The van der Waals surface area contributed by atoms with Crippen LogP contribution in [0.4, 0.5) is 5.69 Å². The van der Waals surface area contributed by atoms with Gasteiger partial charge in [0.15, 0.2) is 0 Å². The van der Waals surface area contributed by atoms with Gasteiger partial charge >= 0.3 is 0 Å². The Balaban J connectivity index is 2.07. The largest absolute Gasteiger partial charge is 0.370 e. The van der Waals surface area contributed by atoms with Gasteiger partial charge in [0.25, 0.3) is 5.56 Å². The zero-order valence-corrected chi connectivity index (χ0v) is 12.6. The molecule has 0 bridgehead atoms. The van der Waals surface area contributed by atoms with Crippen LogP contribution in [0.25, 0.3) is 0 Å². The SMILES string of the molecule is CCCC(N)Cn1ncc(N2CCCC(C)C2)cc1=O. The van der Waals surface area contributed by atoms with Crippen molar-refractivity contribution in [2.45, 2.75) is 52.1 Å². The Morgan fingerprint density at radius 1 is 1.55 bits per heavy atom. The van der Waals surface area contributed by atoms with E-state index < -0.39 is 0 Å². The highest BCUT2D eigenvalue weighted by atomic mass is 16.1. The molecule has 1 aromatic heterocycles. The standard InChI is InChI=1S/C15H26N4O/c1-3-5-13(16)11-19-15(20)8-14(9-17-19)18-7-4-6-12(2)10-18/h8-9,12-13H,3-7,10-11,16H2,1-2H3. The lowest BCUT2D eigenvalue weighted by molar-refractivity contribution is 0.442. The van der Waals surface area contributed by atoms with Crippen LogP contribution in [-0.4, -0.2) is 28.9 Å². The summed E-state index contributed by atoms with van der Waals surface area (Å²) in [7, 11) is 0. The van der Waals surface area contributed by atoms with Gasteiger partial charge in [-0.05, 0) is 25.2 Å². The van der Waals surface area contributed by atoms with Crippen LogP contribution in [0, 0.1) is 5.92 Å². The van der Waals surface area contributed by atoms with Crippen LogP contribution in [0.1, 0.15) is 39.5 Å². The first-order valence-corrected chi connectivity index (χ1v) is 7.68. The van der Waals surface area contributed by atoms with E-state index in [0.717, 1.165) is 31.6 Å². The first-order valence-electron chi connectivity index (χ1n) is 7.68. The van der Waals surface area contributed by atoms with Crippen molar-refractivity contribution >= 4 is 5.69 Å². The molecule has 2 rings (SSSR count). The highest BCUT2D eigenvalue weighted by Crippen LogP contribution is 2.20. The van der Waals surface area contributed by atoms with E-state index in [2.05, 4.69) is 23.8 Å². The maximum atomic E-state index is 12.1. The molecule has 0 aliphatic carbocycles. The molecule has 1 saturated heterocycles. The van der Waals surface area contributed by atoms with E-state index in [0.29, 0.717) is 12.5 Å². The Kier molecular flexibility index (Phi) is 5.17. The molecule has 2 heterocycles. The van der Waals surface area contributed by atoms with Gasteiger partial charge in [-0.25, -0.2) is 4.68 Å². The van der Waals surface area contributed by atoms with Gasteiger partial charge in [0.2, 0.25) is 0 Å². The summed E-state index contributed by atoms with van der Waals surface area (Å²) in [5, 5.41) is 4.28. The average molecular weight is 278 g/mol. The second-order valence-corrected chi connectivity index (χ2v) is 5.98. The van der Waals surface area contributed by atoms with Gasteiger partial charge < -0.3 is 10.6 Å². The van der Waals surface area contributed by atoms with Crippen molar-refractivity contribution in [1.82, 2.24) is 9.78 Å². The van der Waals surface area contributed by atoms with E-state index in [-0.39, 0.29) is 11.6 Å². The molecular weight excluding hydrogens is 252 g/mol. The molecule has 1 fully saturated rings. The van der Waals surface area contributed by atoms with E-state index in [1.54, 1.807) is 12.3 Å². The fourth-order valence-electron chi connectivity index (χ4n) is 2.84. The summed E-state index contributed by atoms with van der Waals surface area (Å²) in [6.07, 6.45) is 6.20. The molecule has 2 atom stereocenters. The minimum absolute atomic E-state index is 0.00561. The van der Waals surface area contributed by atoms with Crippen LogP contribution >= 0.6 is 0 Å². The topological polar surface area (TPSA) is 64.2 Å². The third-order valence-corrected chi connectivity index (χ3v) is 3.94. The molecule has 2 N–H and O–H groups in total. The van der Waals surface area contributed by atoms with Crippen LogP contribution in [-0.2, 0) is 6.54 Å². The van der Waals surface area contributed by atoms with Gasteiger partial charge in [-0.15, -0.1) is 0 Å². The third kappa shape index (κ3) is 3.82. The lowest BCUT2D eigenvalue weighted by atomic mass is 10.00. The van der Waals surface area contributed by atoms with Gasteiger partial charge in [-0.2, -0.15) is 5.10 Å². The number of aromatic nitrogens is 2. The monoisotopic (exact) mass is 278 g/mol. The predicted octanol–water partition coefficient (Wildman–Crippen LogP) is 1.61. The Morgan fingerprint density at radius 2 is 2.35 bits per heavy atom. The van der Waals surface area contributed by atoms with Crippen molar-refractivity contribution in [3.63, 3.8) is 0 Å². The Hall–Kier alpha value is -1.36. The van der Waals surface area contributed by atoms with Crippen molar-refractivity contribution in [3.8, 4) is 0 Å². The maximum absolute atomic E-state index is 12.1. The number of anilines is 1. The number of hydrogen-bond acceptors (Lipinski definition) is 4. The predicted molar refractivity (Wildman–Crippen MR) is 82.0 cm³/mol. The maximum Gasteiger partial charge on any atom is 0.268 e. The van der Waals surface area contributed by atoms with E-state index in [1.807, 2.05) is 0 Å². The molecule has 0 saturated carbocycles. The molecule has 0 spiro atoms. The zero-order chi connectivity index (χ0) is 14.5. The smallest absolute Gasteiger partial charge is 0.268 e. The van der Waals surface area contributed by atoms with Gasteiger partial charge in [0.05, 0.1) is 18.4 Å². The Bertz CT molecular complexity index is 485. The Labute approximate surface area is 120 Å². The molecule has 0 radical (unpaired) electrons. The summed E-state index contributed by atoms with van der Waals surface area (Å²) in [4.78, 5) is 14.4. The van der Waals surface area contributed by atoms with E-state index in [1.165, 1.54) is 17.5 Å². The van der Waals surface area contributed by atoms with Gasteiger partial charge in [-0.3, -0.25) is 4.79 Å². The molecule has 1 aromatic rings. The van der Waals surface area contributed by atoms with Gasteiger partial charge in [0.1, 0.15) is 0 Å². The third-order valence-electron chi connectivity index (χ3n) is 3.94. The summed E-state index contributed by atoms with van der Waals surface area (Å²) in [6, 6.07) is 1.70. The fraction of sp³-hybridized carbons (Fsp3) is 0.733. The molecule has 20 heavy (non-hydrogen) atoms. The fourth-order valence-corrected chi connectivity index (χ4v) is 2.84. The summed E-state index contributed by atoms with van der Waals surface area (Å²) in [5.74, 6) is 0.684. The molecular formula is C15H26N4O.